The van der Waals surface area contributed by atoms with Crippen LogP contribution in [0.1, 0.15) is 107 Å². The van der Waals surface area contributed by atoms with E-state index >= 15 is 0 Å². The van der Waals surface area contributed by atoms with Crippen molar-refractivity contribution in [3.63, 3.8) is 0 Å². The Bertz CT molecular complexity index is 5400. The molecule has 0 spiro atoms. The normalized spacial score (nSPS) is 15.0. The van der Waals surface area contributed by atoms with Crippen molar-refractivity contribution in [2.45, 2.75) is 112 Å². The summed E-state index contributed by atoms with van der Waals surface area (Å²) in [5, 5.41) is 128. The fraction of sp³-hybridized carbons (Fsp3) is 0.303. The molecule has 0 radical (unpaired) electrons. The van der Waals surface area contributed by atoms with Gasteiger partial charge in [-0.15, -0.1) is 11.8 Å². The van der Waals surface area contributed by atoms with Crippen LogP contribution in [-0.2, 0) is 60.9 Å². The molecule has 0 bridgehead atoms. The van der Waals surface area contributed by atoms with E-state index in [0.717, 1.165) is 146 Å². The van der Waals surface area contributed by atoms with Crippen molar-refractivity contribution in [3.05, 3.63) is 220 Å². The number of pyridine rings is 5. The van der Waals surface area contributed by atoms with E-state index in [-0.39, 0.29) is 36.2 Å². The minimum absolute atomic E-state index is 0.0877. The highest BCUT2D eigenvalue weighted by molar-refractivity contribution is 8.14. The van der Waals surface area contributed by atoms with Gasteiger partial charge in [-0.1, -0.05) is 156 Å². The third-order valence-electron chi connectivity index (χ3n) is 19.4. The topological polar surface area (TPSA) is 630 Å². The van der Waals surface area contributed by atoms with Crippen LogP contribution in [0.3, 0.4) is 0 Å². The molecule has 0 aliphatic heterocycles. The molecule has 3 fully saturated rings. The zero-order chi connectivity index (χ0) is 91.0. The van der Waals surface area contributed by atoms with Gasteiger partial charge >= 0.3 is 0 Å². The number of nitrogens with one attached hydrogen (secondary N) is 7. The van der Waals surface area contributed by atoms with Crippen molar-refractivity contribution >= 4 is 185 Å². The molecule has 5 aromatic heterocycles. The maximum absolute atomic E-state index is 8.81. The molecule has 36 heteroatoms. The van der Waals surface area contributed by atoms with Crippen LogP contribution in [0.5, 0.6) is 0 Å². The van der Waals surface area contributed by atoms with Gasteiger partial charge in [0.2, 0.25) is 0 Å². The first-order valence-corrected chi connectivity index (χ1v) is 46.7. The highest BCUT2D eigenvalue weighted by Crippen LogP contribution is 2.44. The second kappa shape index (κ2) is 55.7. The van der Waals surface area contributed by atoms with Crippen LogP contribution >= 0.6 is 94.1 Å². The smallest absolute Gasteiger partial charge is 0.151 e. The van der Waals surface area contributed by atoms with E-state index in [2.05, 4.69) is 80.1 Å². The predicted molar refractivity (Wildman–Crippen MR) is 521 cm³/mol. The number of nitriles is 8. The van der Waals surface area contributed by atoms with Crippen molar-refractivity contribution in [3.8, 4) is 48.6 Å². The standard InChI is InChI=1S/5C13H12N4S.2C8H13N3S.C8H12N2S/c14-5-3-9-1-2-10(8-18-13(15)16)11-4-6-17-7-12(9)11;14-5-3-9-1-2-10(8-18-13(15)16)12-7-17-6-4-11(9)12;14-6-5-9-3-4-10(8-18-13(15)16)12-11(9)2-1-7-17-12;14-4-3-9-6-10(8-18-13(15)16)11-2-1-5-17-12(11)7-9;14-4-3-9-6-10-2-1-5-17-12(10)11(7-9)8-18-13(15)16;9-2-1-6-3-7(4-6)5-12-8(10)11;9-4-3-6-1-2-7(6)5-12-8(10)11;1-6(10)11-5-8-4-7(8)2-3-9/h2*1-2,4,6-7H,3,8H2,(H3,15,16);1-4,7H,5,8H2,(H3,15,16);2*1-2,5-7H,3,8H2,(H3,15,16);6-7H,1,3-5H2,(H3,10,11);6-7H,1-3,5H2,(H3,10,11);7-8H,1-2,4-5,10H2. The molecular weight excluding hydrogens is 1720 g/mol. The molecule has 4 atom stereocenters. The van der Waals surface area contributed by atoms with Gasteiger partial charge in [-0.2, -0.15) is 42.1 Å². The number of benzene rings is 5. The van der Waals surface area contributed by atoms with Crippen LogP contribution in [0.15, 0.2) is 164 Å². The lowest BCUT2D eigenvalue weighted by atomic mass is 9.73. The van der Waals surface area contributed by atoms with Crippen LogP contribution in [0.4, 0.5) is 0 Å². The van der Waals surface area contributed by atoms with E-state index in [1.54, 1.807) is 55.1 Å². The number of aromatic nitrogens is 5. The Morgan fingerprint density at radius 2 is 0.744 bits per heavy atom. The van der Waals surface area contributed by atoms with E-state index < -0.39 is 0 Å². The minimum atomic E-state index is 0.0877. The third kappa shape index (κ3) is 36.2. The maximum Gasteiger partial charge on any atom is 0.151 e. The van der Waals surface area contributed by atoms with Crippen molar-refractivity contribution in [2.75, 3.05) is 17.3 Å². The third-order valence-corrected chi connectivity index (χ3v) is 26.1. The van der Waals surface area contributed by atoms with Crippen LogP contribution in [0, 0.1) is 164 Å². The molecule has 3 saturated carbocycles. The van der Waals surface area contributed by atoms with Gasteiger partial charge in [0, 0.05) is 136 Å². The summed E-state index contributed by atoms with van der Waals surface area (Å²) in [7, 11) is 0. The monoisotopic (exact) mass is 1810 g/mol. The summed E-state index contributed by atoms with van der Waals surface area (Å²) < 4.78 is 0. The molecule has 5 aromatic carbocycles. The Balaban J connectivity index is 0.000000222. The molecule has 5 heterocycles. The Hall–Kier alpha value is -12.3. The summed E-state index contributed by atoms with van der Waals surface area (Å²) in [5.41, 5.74) is 55.4. The minimum Gasteiger partial charge on any atom is -0.394 e. The molecule has 0 saturated heterocycles. The summed E-state index contributed by atoms with van der Waals surface area (Å²) in [5.74, 6) is 9.93. The Morgan fingerprint density at radius 1 is 0.336 bits per heavy atom. The second-order valence-corrected chi connectivity index (χ2v) is 36.6. The van der Waals surface area contributed by atoms with E-state index in [4.69, 9.17) is 126 Å². The predicted octanol–water partition coefficient (Wildman–Crippen LogP) is 16.9. The van der Waals surface area contributed by atoms with Gasteiger partial charge in [0.1, 0.15) is 0 Å². The van der Waals surface area contributed by atoms with Gasteiger partial charge in [0.25, 0.3) is 0 Å². The Labute approximate surface area is 762 Å². The molecule has 13 rings (SSSR count). The van der Waals surface area contributed by atoms with Crippen LogP contribution < -0.4 is 45.9 Å². The molecule has 3 aliphatic carbocycles. The number of nitrogens with two attached hydrogens (primary N) is 8. The van der Waals surface area contributed by atoms with Crippen molar-refractivity contribution in [1.29, 1.82) is 80.0 Å². The number of thioether (sulfide) groups is 8. The maximum atomic E-state index is 8.81. The van der Waals surface area contributed by atoms with Crippen LogP contribution in [-0.4, -0.2) is 78.4 Å². The van der Waals surface area contributed by atoms with Gasteiger partial charge < -0.3 is 45.9 Å². The lowest BCUT2D eigenvalue weighted by molar-refractivity contribution is 0.207. The zero-order valence-corrected chi connectivity index (χ0v) is 75.2. The summed E-state index contributed by atoms with van der Waals surface area (Å²) in [6.07, 6.45) is 22.1. The molecule has 642 valence electrons. The molecule has 0 amide bonds. The SMILES string of the molecule is C=C(N)SCC1CC1CC#N.N#CCC1CC(CSC(=N)N)C1.N#CCC1CCC1CSC(=N)N.N#CCc1cc(CSC(=N)N)c2cccnc2c1.N#CCc1cc(CSC(=N)N)c2ncccc2c1.N#CCc1ccc(CSC(=N)N)c2ccncc12.N#CCc1ccc(CSC(=N)N)c2cnccc12.N#CCc1ccc(CSC(=N)N)c2ncccc12. The van der Waals surface area contributed by atoms with E-state index in [9.17, 15) is 0 Å². The lowest BCUT2D eigenvalue weighted by Gasteiger charge is -2.34. The van der Waals surface area contributed by atoms with Gasteiger partial charge in [-0.25, -0.2) is 0 Å². The highest BCUT2D eigenvalue weighted by Gasteiger charge is 2.36. The Morgan fingerprint density at radius 3 is 1.26 bits per heavy atom. The second-order valence-electron chi connectivity index (χ2n) is 28.3. The fourth-order valence-corrected chi connectivity index (χ4v) is 18.2. The van der Waals surface area contributed by atoms with E-state index in [1.165, 1.54) is 102 Å². The number of amidine groups is 7. The summed E-state index contributed by atoms with van der Waals surface area (Å²) in [6.45, 7) is 3.60. The number of nitrogens with zero attached hydrogens (tertiary/aromatic N) is 13. The van der Waals surface area contributed by atoms with Crippen molar-refractivity contribution in [2.24, 2.45) is 81.4 Å². The fourth-order valence-electron chi connectivity index (χ4n) is 13.1. The summed E-state index contributed by atoms with van der Waals surface area (Å²) in [4.78, 5) is 21.3. The van der Waals surface area contributed by atoms with Crippen molar-refractivity contribution < 1.29 is 0 Å². The Kier molecular flexibility index (Phi) is 45.3. The van der Waals surface area contributed by atoms with Crippen LogP contribution in [0.25, 0.3) is 54.3 Å². The number of hydrogen-bond donors (Lipinski definition) is 15. The largest absolute Gasteiger partial charge is 0.394 e. The lowest BCUT2D eigenvalue weighted by Crippen LogP contribution is -2.28. The summed E-state index contributed by atoms with van der Waals surface area (Å²) >= 11 is 10.8. The molecule has 3 aliphatic rings. The first-order chi connectivity index (χ1) is 60.3. The van der Waals surface area contributed by atoms with Gasteiger partial charge in [-0.3, -0.25) is 62.8 Å². The highest BCUT2D eigenvalue weighted by atomic mass is 32.2. The molecule has 125 heavy (non-hydrogen) atoms. The molecule has 10 aromatic rings. The quantitative estimate of drug-likeness (QED) is 0.0187. The number of hydrogen-bond acceptors (Lipinski definition) is 29. The first-order valence-electron chi connectivity index (χ1n) is 38.8. The molecule has 23 N–H and O–H groups in total. The number of rotatable bonds is 25. The van der Waals surface area contributed by atoms with Gasteiger partial charge in [-0.05, 0) is 176 Å². The molecular formula is C89H98N28S8. The van der Waals surface area contributed by atoms with Gasteiger partial charge in [0.05, 0.1) is 102 Å². The average Bonchev–Trinajstić information content (AvgIpc) is 1.80. The number of fused-ring (bicyclic) bond motifs is 5. The van der Waals surface area contributed by atoms with Gasteiger partial charge in [0.15, 0.2) is 36.2 Å². The molecule has 28 nitrogen and oxygen atoms in total. The van der Waals surface area contributed by atoms with E-state index in [1.807, 2.05) is 109 Å². The van der Waals surface area contributed by atoms with Crippen molar-refractivity contribution in [1.82, 2.24) is 24.9 Å². The average molecular weight is 1820 g/mol. The first kappa shape index (κ1) is 102. The zero-order valence-electron chi connectivity index (χ0n) is 68.7. The van der Waals surface area contributed by atoms with E-state index in [0.29, 0.717) is 115 Å². The van der Waals surface area contributed by atoms with Crippen LogP contribution in [0.2, 0.25) is 0 Å². The molecule has 4 unspecified atom stereocenters. The summed E-state index contributed by atoms with van der Waals surface area (Å²) in [6, 6.07) is 52.4.